The molecule has 2 atom stereocenters. The summed E-state index contributed by atoms with van der Waals surface area (Å²) in [7, 11) is 0. The van der Waals surface area contributed by atoms with Crippen molar-refractivity contribution in [2.24, 2.45) is 5.92 Å². The third-order valence-corrected chi connectivity index (χ3v) is 12.4. The van der Waals surface area contributed by atoms with E-state index in [1.165, 1.54) is 186 Å². The van der Waals surface area contributed by atoms with E-state index in [4.69, 9.17) is 14.2 Å². The third kappa shape index (κ3) is 45.8. The van der Waals surface area contributed by atoms with Crippen molar-refractivity contribution in [1.29, 1.82) is 0 Å². The van der Waals surface area contributed by atoms with Gasteiger partial charge in [-0.2, -0.15) is 0 Å². The van der Waals surface area contributed by atoms with E-state index in [0.717, 1.165) is 70.1 Å². The van der Waals surface area contributed by atoms with E-state index in [2.05, 4.69) is 27.7 Å². The molecule has 0 heterocycles. The Labute approximate surface area is 368 Å². The molecule has 59 heavy (non-hydrogen) atoms. The molecule has 0 saturated carbocycles. The Morgan fingerprint density at radius 2 is 0.593 bits per heavy atom. The molecule has 0 radical (unpaired) electrons. The summed E-state index contributed by atoms with van der Waals surface area (Å²) in [6, 6.07) is 0. The maximum absolute atomic E-state index is 12.7. The minimum absolute atomic E-state index is 0.0638. The molecule has 0 bridgehead atoms. The van der Waals surface area contributed by atoms with Gasteiger partial charge in [-0.3, -0.25) is 14.4 Å². The van der Waals surface area contributed by atoms with Crippen molar-refractivity contribution in [2.45, 2.75) is 303 Å². The highest BCUT2D eigenvalue weighted by molar-refractivity contribution is 5.71. The van der Waals surface area contributed by atoms with E-state index in [1.807, 2.05) is 0 Å². The predicted octanol–water partition coefficient (Wildman–Crippen LogP) is 17.1. The molecule has 0 saturated heterocycles. The summed E-state index contributed by atoms with van der Waals surface area (Å²) in [5.41, 5.74) is 0. The second-order valence-corrected chi connectivity index (χ2v) is 18.4. The van der Waals surface area contributed by atoms with E-state index in [1.54, 1.807) is 0 Å². The van der Waals surface area contributed by atoms with Gasteiger partial charge in [-0.25, -0.2) is 0 Å². The van der Waals surface area contributed by atoms with Crippen LogP contribution in [0.1, 0.15) is 297 Å². The van der Waals surface area contributed by atoms with Crippen molar-refractivity contribution >= 4 is 17.9 Å². The number of hydrogen-bond acceptors (Lipinski definition) is 6. The van der Waals surface area contributed by atoms with Crippen molar-refractivity contribution in [3.63, 3.8) is 0 Å². The zero-order valence-electron chi connectivity index (χ0n) is 40.2. The summed E-state index contributed by atoms with van der Waals surface area (Å²) in [5, 5.41) is 0. The number of rotatable bonds is 48. The molecule has 0 aromatic heterocycles. The van der Waals surface area contributed by atoms with Crippen molar-refractivity contribution in [1.82, 2.24) is 0 Å². The maximum atomic E-state index is 12.7. The van der Waals surface area contributed by atoms with E-state index in [0.29, 0.717) is 19.3 Å². The Hall–Kier alpha value is -1.59. The van der Waals surface area contributed by atoms with Crippen LogP contribution < -0.4 is 0 Å². The van der Waals surface area contributed by atoms with Crippen molar-refractivity contribution in [3.8, 4) is 0 Å². The highest BCUT2D eigenvalue weighted by atomic mass is 16.6. The minimum Gasteiger partial charge on any atom is -0.462 e. The lowest BCUT2D eigenvalue weighted by atomic mass is 9.99. The standard InChI is InChI=1S/C53H102O6/c1-5-8-10-12-13-14-15-16-17-18-19-20-25-28-31-34-38-42-46-53(56)59-50(47-57-51(54)44-40-35-11-9-6-2)48-58-52(55)45-41-37-33-30-27-24-22-21-23-26-29-32-36-39-43-49(4)7-3/h49-50H,5-48H2,1-4H3/t49?,50-/m0/s1. The van der Waals surface area contributed by atoms with Crippen LogP contribution in [0.2, 0.25) is 0 Å². The molecule has 0 aliphatic rings. The van der Waals surface area contributed by atoms with Crippen LogP contribution in [-0.4, -0.2) is 37.2 Å². The molecule has 0 rings (SSSR count). The van der Waals surface area contributed by atoms with Crippen LogP contribution in [-0.2, 0) is 28.6 Å². The van der Waals surface area contributed by atoms with Gasteiger partial charge in [0.15, 0.2) is 6.10 Å². The average Bonchev–Trinajstić information content (AvgIpc) is 3.23. The Morgan fingerprint density at radius 3 is 0.881 bits per heavy atom. The second kappa shape index (κ2) is 47.5. The Morgan fingerprint density at radius 1 is 0.339 bits per heavy atom. The fourth-order valence-electron chi connectivity index (χ4n) is 8.01. The number of ether oxygens (including phenoxy) is 3. The lowest BCUT2D eigenvalue weighted by Crippen LogP contribution is -2.30. The first-order valence-corrected chi connectivity index (χ1v) is 26.4. The third-order valence-electron chi connectivity index (χ3n) is 12.4. The molecule has 0 amide bonds. The molecule has 6 nitrogen and oxygen atoms in total. The fourth-order valence-corrected chi connectivity index (χ4v) is 8.01. The first-order valence-electron chi connectivity index (χ1n) is 26.4. The number of hydrogen-bond donors (Lipinski definition) is 0. The van der Waals surface area contributed by atoms with Crippen LogP contribution in [0, 0.1) is 5.92 Å². The van der Waals surface area contributed by atoms with Gasteiger partial charge in [0.2, 0.25) is 0 Å². The number of carbonyl (C=O) groups is 3. The van der Waals surface area contributed by atoms with Crippen molar-refractivity contribution in [2.75, 3.05) is 13.2 Å². The van der Waals surface area contributed by atoms with Gasteiger partial charge in [0, 0.05) is 19.3 Å². The van der Waals surface area contributed by atoms with E-state index < -0.39 is 6.10 Å². The lowest BCUT2D eigenvalue weighted by molar-refractivity contribution is -0.167. The lowest BCUT2D eigenvalue weighted by Gasteiger charge is -2.18. The van der Waals surface area contributed by atoms with E-state index in [-0.39, 0.29) is 31.1 Å². The predicted molar refractivity (Wildman–Crippen MR) is 252 cm³/mol. The molecular formula is C53H102O6. The van der Waals surface area contributed by atoms with Crippen LogP contribution in [0.4, 0.5) is 0 Å². The molecule has 6 heteroatoms. The monoisotopic (exact) mass is 835 g/mol. The molecule has 0 aromatic carbocycles. The van der Waals surface area contributed by atoms with Crippen LogP contribution in [0.15, 0.2) is 0 Å². The average molecular weight is 835 g/mol. The molecule has 0 aromatic rings. The molecule has 0 N–H and O–H groups in total. The Bertz CT molecular complexity index is 889. The molecular weight excluding hydrogens is 733 g/mol. The van der Waals surface area contributed by atoms with Crippen LogP contribution in [0.25, 0.3) is 0 Å². The smallest absolute Gasteiger partial charge is 0.306 e. The van der Waals surface area contributed by atoms with Crippen molar-refractivity contribution in [3.05, 3.63) is 0 Å². The van der Waals surface area contributed by atoms with Crippen LogP contribution >= 0.6 is 0 Å². The maximum Gasteiger partial charge on any atom is 0.306 e. The number of carbonyl (C=O) groups excluding carboxylic acids is 3. The number of unbranched alkanes of at least 4 members (excludes halogenated alkanes) is 34. The van der Waals surface area contributed by atoms with E-state index >= 15 is 0 Å². The van der Waals surface area contributed by atoms with Gasteiger partial charge < -0.3 is 14.2 Å². The summed E-state index contributed by atoms with van der Waals surface area (Å²) in [5.74, 6) is 0.0378. The highest BCUT2D eigenvalue weighted by Crippen LogP contribution is 2.18. The topological polar surface area (TPSA) is 78.9 Å². The first-order chi connectivity index (χ1) is 28.9. The molecule has 350 valence electrons. The fraction of sp³-hybridized carbons (Fsp3) is 0.943. The quantitative estimate of drug-likeness (QED) is 0.0345. The first kappa shape index (κ1) is 57.4. The van der Waals surface area contributed by atoms with Crippen molar-refractivity contribution < 1.29 is 28.6 Å². The zero-order valence-corrected chi connectivity index (χ0v) is 40.2. The Balaban J connectivity index is 4.09. The number of esters is 3. The largest absolute Gasteiger partial charge is 0.462 e. The van der Waals surface area contributed by atoms with Crippen LogP contribution in [0.3, 0.4) is 0 Å². The van der Waals surface area contributed by atoms with Gasteiger partial charge >= 0.3 is 17.9 Å². The van der Waals surface area contributed by atoms with Gasteiger partial charge in [0.1, 0.15) is 13.2 Å². The van der Waals surface area contributed by atoms with Crippen LogP contribution in [0.5, 0.6) is 0 Å². The summed E-state index contributed by atoms with van der Waals surface area (Å²) >= 11 is 0. The molecule has 0 fully saturated rings. The second-order valence-electron chi connectivity index (χ2n) is 18.4. The van der Waals surface area contributed by atoms with Gasteiger partial charge in [-0.15, -0.1) is 0 Å². The SMILES string of the molecule is CCCCCCCCCCCCCCCCCCCCC(=O)O[C@@H](COC(=O)CCCCCCC)COC(=O)CCCCCCCCCCCCCCCCC(C)CC. The summed E-state index contributed by atoms with van der Waals surface area (Å²) in [4.78, 5) is 37.7. The van der Waals surface area contributed by atoms with Gasteiger partial charge in [0.05, 0.1) is 0 Å². The normalized spacial score (nSPS) is 12.4. The van der Waals surface area contributed by atoms with Gasteiger partial charge in [-0.05, 0) is 25.2 Å². The molecule has 0 aliphatic carbocycles. The van der Waals surface area contributed by atoms with E-state index in [9.17, 15) is 14.4 Å². The zero-order chi connectivity index (χ0) is 43.1. The molecule has 0 spiro atoms. The summed E-state index contributed by atoms with van der Waals surface area (Å²) in [6.07, 6.45) is 49.8. The van der Waals surface area contributed by atoms with Gasteiger partial charge in [0.25, 0.3) is 0 Å². The summed E-state index contributed by atoms with van der Waals surface area (Å²) in [6.45, 7) is 9.00. The minimum atomic E-state index is -0.759. The Kier molecular flexibility index (Phi) is 46.2. The molecule has 0 aliphatic heterocycles. The molecule has 1 unspecified atom stereocenters. The summed E-state index contributed by atoms with van der Waals surface area (Å²) < 4.78 is 16.7. The highest BCUT2D eigenvalue weighted by Gasteiger charge is 2.19. The van der Waals surface area contributed by atoms with Gasteiger partial charge in [-0.1, -0.05) is 259 Å².